The predicted molar refractivity (Wildman–Crippen MR) is 85.3 cm³/mol. The van der Waals surface area contributed by atoms with Crippen molar-refractivity contribution >= 4 is 41.3 Å². The summed E-state index contributed by atoms with van der Waals surface area (Å²) in [7, 11) is 0. The van der Waals surface area contributed by atoms with Crippen molar-refractivity contribution in [3.8, 4) is 0 Å². The Labute approximate surface area is 130 Å². The van der Waals surface area contributed by atoms with Crippen LogP contribution in [0.2, 0.25) is 5.02 Å². The quantitative estimate of drug-likeness (QED) is 0.843. The molecule has 3 N–H and O–H groups in total. The highest BCUT2D eigenvalue weighted by molar-refractivity contribution is 7.10. The van der Waals surface area contributed by atoms with Crippen LogP contribution in [0.5, 0.6) is 0 Å². The van der Waals surface area contributed by atoms with Gasteiger partial charge in [-0.15, -0.1) is 23.7 Å². The smallest absolute Gasteiger partial charge is 0.220 e. The van der Waals surface area contributed by atoms with Crippen LogP contribution in [-0.4, -0.2) is 18.0 Å². The van der Waals surface area contributed by atoms with Crippen LogP contribution < -0.4 is 11.1 Å². The van der Waals surface area contributed by atoms with Gasteiger partial charge in [0.2, 0.25) is 5.91 Å². The zero-order valence-corrected chi connectivity index (χ0v) is 13.9. The van der Waals surface area contributed by atoms with Gasteiger partial charge in [0.25, 0.3) is 0 Å². The minimum atomic E-state index is -0.329. The first-order chi connectivity index (χ1) is 8.37. The summed E-state index contributed by atoms with van der Waals surface area (Å²) in [6.45, 7) is 6.55. The Balaban J connectivity index is 0.00000324. The van der Waals surface area contributed by atoms with E-state index in [-0.39, 0.29) is 23.9 Å². The molecule has 1 atom stereocenters. The molecule has 3 nitrogen and oxygen atoms in total. The summed E-state index contributed by atoms with van der Waals surface area (Å²) in [5, 5.41) is 5.65. The van der Waals surface area contributed by atoms with Gasteiger partial charge in [0.05, 0.1) is 10.6 Å². The molecule has 1 rings (SSSR count). The molecule has 0 saturated heterocycles. The second-order valence-electron chi connectivity index (χ2n) is 5.06. The Morgan fingerprint density at radius 2 is 2.21 bits per heavy atom. The average Bonchev–Trinajstić information content (AvgIpc) is 2.72. The lowest BCUT2D eigenvalue weighted by atomic mass is 9.88. The molecule has 0 aliphatic heterocycles. The predicted octanol–water partition coefficient (Wildman–Crippen LogP) is 3.25. The summed E-state index contributed by atoms with van der Waals surface area (Å²) >= 11 is 7.42. The van der Waals surface area contributed by atoms with Crippen LogP contribution >= 0.6 is 35.3 Å². The van der Waals surface area contributed by atoms with Crippen LogP contribution in [-0.2, 0) is 11.2 Å². The van der Waals surface area contributed by atoms with Crippen molar-refractivity contribution < 1.29 is 4.79 Å². The van der Waals surface area contributed by atoms with Crippen LogP contribution in [0.4, 0.5) is 0 Å². The summed E-state index contributed by atoms with van der Waals surface area (Å²) in [6, 6.07) is 1.91. The highest BCUT2D eigenvalue weighted by Crippen LogP contribution is 2.21. The van der Waals surface area contributed by atoms with Gasteiger partial charge in [0.15, 0.2) is 0 Å². The van der Waals surface area contributed by atoms with Crippen LogP contribution in [0.3, 0.4) is 0 Å². The third-order valence-electron chi connectivity index (χ3n) is 3.34. The number of halogens is 2. The summed E-state index contributed by atoms with van der Waals surface area (Å²) in [6.07, 6.45) is 1.20. The lowest BCUT2D eigenvalue weighted by Crippen LogP contribution is -2.55. The van der Waals surface area contributed by atoms with Gasteiger partial charge in [-0.2, -0.15) is 0 Å². The topological polar surface area (TPSA) is 55.1 Å². The van der Waals surface area contributed by atoms with Gasteiger partial charge in [-0.1, -0.05) is 25.4 Å². The second-order valence-corrected chi connectivity index (χ2v) is 6.49. The minimum absolute atomic E-state index is 0. The third kappa shape index (κ3) is 5.69. The highest BCUT2D eigenvalue weighted by Gasteiger charge is 2.28. The van der Waals surface area contributed by atoms with E-state index < -0.39 is 0 Å². The molecule has 0 fully saturated rings. The lowest BCUT2D eigenvalue weighted by molar-refractivity contribution is -0.123. The molecule has 6 heteroatoms. The summed E-state index contributed by atoms with van der Waals surface area (Å²) < 4.78 is 0. The Kier molecular flexibility index (Phi) is 7.98. The zero-order valence-electron chi connectivity index (χ0n) is 11.5. The van der Waals surface area contributed by atoms with Crippen molar-refractivity contribution in [3.05, 3.63) is 21.3 Å². The second kappa shape index (κ2) is 8.10. The molecule has 0 saturated carbocycles. The molecule has 19 heavy (non-hydrogen) atoms. The summed E-state index contributed by atoms with van der Waals surface area (Å²) in [4.78, 5) is 13.0. The van der Waals surface area contributed by atoms with E-state index in [2.05, 4.69) is 19.2 Å². The molecule has 0 aromatic carbocycles. The fourth-order valence-corrected chi connectivity index (χ4v) is 2.61. The van der Waals surface area contributed by atoms with Crippen molar-refractivity contribution in [3.63, 3.8) is 0 Å². The standard InChI is InChI=1S/C13H21ClN2OS.ClH/c1-9(2)13(3,8-15)16-12(17)5-4-11-6-10(14)7-18-11;/h6-7,9H,4-5,8,15H2,1-3H3,(H,16,17);1H. The molecule has 0 aliphatic rings. The van der Waals surface area contributed by atoms with E-state index in [0.717, 1.165) is 16.3 Å². The molecular formula is C13H22Cl2N2OS. The fraction of sp³-hybridized carbons (Fsp3) is 0.615. The Hall–Kier alpha value is -0.290. The van der Waals surface area contributed by atoms with Crippen molar-refractivity contribution in [1.82, 2.24) is 5.32 Å². The Morgan fingerprint density at radius 1 is 1.58 bits per heavy atom. The van der Waals surface area contributed by atoms with Gasteiger partial charge in [0, 0.05) is 23.2 Å². The van der Waals surface area contributed by atoms with Gasteiger partial charge in [-0.3, -0.25) is 4.79 Å². The van der Waals surface area contributed by atoms with Crippen LogP contribution in [0.15, 0.2) is 11.4 Å². The Morgan fingerprint density at radius 3 is 2.63 bits per heavy atom. The van der Waals surface area contributed by atoms with Gasteiger partial charge in [-0.25, -0.2) is 0 Å². The first-order valence-corrected chi connectivity index (χ1v) is 7.37. The van der Waals surface area contributed by atoms with E-state index in [1.54, 1.807) is 11.3 Å². The number of carbonyl (C=O) groups is 1. The molecule has 0 aliphatic carbocycles. The molecule has 1 unspecified atom stereocenters. The number of nitrogens with two attached hydrogens (primary N) is 1. The van der Waals surface area contributed by atoms with Crippen LogP contribution in [0, 0.1) is 5.92 Å². The molecule has 1 amide bonds. The maximum Gasteiger partial charge on any atom is 0.220 e. The number of thiophene rings is 1. The molecule has 1 aromatic heterocycles. The van der Waals surface area contributed by atoms with Crippen molar-refractivity contribution in [1.29, 1.82) is 0 Å². The first kappa shape index (κ1) is 18.7. The minimum Gasteiger partial charge on any atom is -0.349 e. The average molecular weight is 325 g/mol. The largest absolute Gasteiger partial charge is 0.349 e. The van der Waals surface area contributed by atoms with E-state index in [1.807, 2.05) is 18.4 Å². The molecule has 1 aromatic rings. The van der Waals surface area contributed by atoms with E-state index >= 15 is 0 Å². The SMILES string of the molecule is CC(C)C(C)(CN)NC(=O)CCc1cc(Cl)cs1.Cl. The number of rotatable bonds is 6. The number of nitrogens with one attached hydrogen (secondary N) is 1. The van der Waals surface area contributed by atoms with E-state index in [0.29, 0.717) is 18.9 Å². The summed E-state index contributed by atoms with van der Waals surface area (Å²) in [5.74, 6) is 0.351. The van der Waals surface area contributed by atoms with Gasteiger partial charge in [-0.05, 0) is 25.3 Å². The van der Waals surface area contributed by atoms with E-state index in [9.17, 15) is 4.79 Å². The molecule has 110 valence electrons. The van der Waals surface area contributed by atoms with Crippen LogP contribution in [0.1, 0.15) is 32.1 Å². The molecular weight excluding hydrogens is 303 g/mol. The molecule has 0 bridgehead atoms. The molecule has 1 heterocycles. The fourth-order valence-electron chi connectivity index (χ4n) is 1.53. The van der Waals surface area contributed by atoms with Gasteiger partial charge in [0.1, 0.15) is 0 Å². The van der Waals surface area contributed by atoms with Crippen LogP contribution in [0.25, 0.3) is 0 Å². The Bertz CT molecular complexity index is 409. The third-order valence-corrected chi connectivity index (χ3v) is 4.69. The maximum atomic E-state index is 11.9. The van der Waals surface area contributed by atoms with Gasteiger partial charge >= 0.3 is 0 Å². The number of aryl methyl sites for hydroxylation is 1. The molecule has 0 spiro atoms. The van der Waals surface area contributed by atoms with Crippen molar-refractivity contribution in [2.45, 2.75) is 39.2 Å². The number of carbonyl (C=O) groups excluding carboxylic acids is 1. The van der Waals surface area contributed by atoms with E-state index in [4.69, 9.17) is 17.3 Å². The normalized spacial score (nSPS) is 13.8. The van der Waals surface area contributed by atoms with Crippen molar-refractivity contribution in [2.75, 3.05) is 6.54 Å². The number of hydrogen-bond donors (Lipinski definition) is 2. The monoisotopic (exact) mass is 324 g/mol. The summed E-state index contributed by atoms with van der Waals surface area (Å²) in [5.41, 5.74) is 5.41. The van der Waals surface area contributed by atoms with Gasteiger partial charge < -0.3 is 11.1 Å². The molecule has 0 radical (unpaired) electrons. The van der Waals surface area contributed by atoms with E-state index in [1.165, 1.54) is 0 Å². The maximum absolute atomic E-state index is 11.9. The lowest BCUT2D eigenvalue weighted by Gasteiger charge is -2.33. The highest BCUT2D eigenvalue weighted by atomic mass is 35.5. The number of hydrogen-bond acceptors (Lipinski definition) is 3. The zero-order chi connectivity index (χ0) is 13.8. The van der Waals surface area contributed by atoms with Crippen molar-refractivity contribution in [2.24, 2.45) is 11.7 Å². The first-order valence-electron chi connectivity index (χ1n) is 6.11. The number of amides is 1.